The fraction of sp³-hybridized carbons (Fsp3) is 0.444. The lowest BCUT2D eigenvalue weighted by Crippen LogP contribution is -2.23. The number of nitrogens with one attached hydrogen (secondary N) is 1. The van der Waals surface area contributed by atoms with E-state index in [0.29, 0.717) is 12.2 Å². The third-order valence-corrected chi connectivity index (χ3v) is 2.01. The molecule has 1 heterocycles. The van der Waals surface area contributed by atoms with Crippen LogP contribution in [0.5, 0.6) is 0 Å². The SMILES string of the molecule is CCC(CN)C(=O)c1ccc[nH]1. The van der Waals surface area contributed by atoms with E-state index in [2.05, 4.69) is 4.98 Å². The number of rotatable bonds is 4. The first-order chi connectivity index (χ1) is 5.79. The summed E-state index contributed by atoms with van der Waals surface area (Å²) in [6, 6.07) is 3.59. The van der Waals surface area contributed by atoms with E-state index in [9.17, 15) is 4.79 Å². The van der Waals surface area contributed by atoms with Gasteiger partial charge in [0, 0.05) is 18.7 Å². The summed E-state index contributed by atoms with van der Waals surface area (Å²) in [5.41, 5.74) is 6.12. The Morgan fingerprint density at radius 2 is 2.50 bits per heavy atom. The second kappa shape index (κ2) is 4.07. The van der Waals surface area contributed by atoms with E-state index < -0.39 is 0 Å². The van der Waals surface area contributed by atoms with Crippen molar-refractivity contribution in [1.82, 2.24) is 4.98 Å². The van der Waals surface area contributed by atoms with Crippen molar-refractivity contribution in [3.05, 3.63) is 24.0 Å². The molecule has 0 spiro atoms. The van der Waals surface area contributed by atoms with Crippen LogP contribution in [-0.4, -0.2) is 17.3 Å². The van der Waals surface area contributed by atoms with Crippen LogP contribution < -0.4 is 5.73 Å². The van der Waals surface area contributed by atoms with Gasteiger partial charge in [0.1, 0.15) is 0 Å². The molecule has 0 saturated carbocycles. The van der Waals surface area contributed by atoms with Gasteiger partial charge in [0.2, 0.25) is 0 Å². The first kappa shape index (κ1) is 9.00. The Hall–Kier alpha value is -1.09. The van der Waals surface area contributed by atoms with Gasteiger partial charge in [0.25, 0.3) is 0 Å². The first-order valence-corrected chi connectivity index (χ1v) is 4.17. The molecule has 0 fully saturated rings. The molecule has 1 aromatic heterocycles. The number of ketones is 1. The van der Waals surface area contributed by atoms with Crippen LogP contribution in [0.1, 0.15) is 23.8 Å². The second-order valence-electron chi connectivity index (χ2n) is 2.79. The van der Waals surface area contributed by atoms with E-state index in [4.69, 9.17) is 5.73 Å². The maximum Gasteiger partial charge on any atom is 0.183 e. The summed E-state index contributed by atoms with van der Waals surface area (Å²) in [6.45, 7) is 2.40. The molecule has 1 unspecified atom stereocenters. The standard InChI is InChI=1S/C9H14N2O/c1-2-7(6-10)9(12)8-4-3-5-11-8/h3-5,7,11H,2,6,10H2,1H3. The fourth-order valence-corrected chi connectivity index (χ4v) is 1.16. The Labute approximate surface area is 72.0 Å². The van der Waals surface area contributed by atoms with E-state index in [-0.39, 0.29) is 11.7 Å². The van der Waals surface area contributed by atoms with Crippen molar-refractivity contribution in [1.29, 1.82) is 0 Å². The zero-order chi connectivity index (χ0) is 8.97. The highest BCUT2D eigenvalue weighted by molar-refractivity contribution is 5.96. The molecule has 1 rings (SSSR count). The number of nitrogens with two attached hydrogens (primary N) is 1. The molecule has 0 aliphatic rings. The maximum atomic E-state index is 11.6. The van der Waals surface area contributed by atoms with Crippen LogP contribution in [0, 0.1) is 5.92 Å². The minimum absolute atomic E-state index is 0.0383. The molecule has 0 aliphatic heterocycles. The van der Waals surface area contributed by atoms with Gasteiger partial charge in [-0.05, 0) is 18.6 Å². The maximum absolute atomic E-state index is 11.6. The predicted octanol–water partition coefficient (Wildman–Crippen LogP) is 1.18. The summed E-state index contributed by atoms with van der Waals surface area (Å²) < 4.78 is 0. The smallest absolute Gasteiger partial charge is 0.183 e. The first-order valence-electron chi connectivity index (χ1n) is 4.17. The van der Waals surface area contributed by atoms with Crippen LogP contribution in [0.15, 0.2) is 18.3 Å². The zero-order valence-electron chi connectivity index (χ0n) is 7.21. The fourth-order valence-electron chi connectivity index (χ4n) is 1.16. The lowest BCUT2D eigenvalue weighted by atomic mass is 9.99. The Bertz CT molecular complexity index is 237. The summed E-state index contributed by atoms with van der Waals surface area (Å²) in [7, 11) is 0. The van der Waals surface area contributed by atoms with E-state index in [0.717, 1.165) is 6.42 Å². The molecular formula is C9H14N2O. The number of aromatic nitrogens is 1. The van der Waals surface area contributed by atoms with Gasteiger partial charge in [-0.2, -0.15) is 0 Å². The Morgan fingerprint density at radius 1 is 1.75 bits per heavy atom. The van der Waals surface area contributed by atoms with Gasteiger partial charge in [-0.15, -0.1) is 0 Å². The lowest BCUT2D eigenvalue weighted by molar-refractivity contribution is 0.0917. The third kappa shape index (κ3) is 1.74. The summed E-state index contributed by atoms with van der Waals surface area (Å²) in [6.07, 6.45) is 2.55. The van der Waals surface area contributed by atoms with Crippen LogP contribution in [0.25, 0.3) is 0 Å². The molecule has 12 heavy (non-hydrogen) atoms. The molecule has 0 bridgehead atoms. The normalized spacial score (nSPS) is 12.8. The summed E-state index contributed by atoms with van der Waals surface area (Å²) in [5.74, 6) is 0.0775. The van der Waals surface area contributed by atoms with E-state index in [1.807, 2.05) is 13.0 Å². The third-order valence-electron chi connectivity index (χ3n) is 2.01. The van der Waals surface area contributed by atoms with Crippen LogP contribution in [0.2, 0.25) is 0 Å². The highest BCUT2D eigenvalue weighted by atomic mass is 16.1. The molecule has 1 aromatic rings. The molecule has 3 N–H and O–H groups in total. The van der Waals surface area contributed by atoms with Gasteiger partial charge in [-0.3, -0.25) is 4.79 Å². The monoisotopic (exact) mass is 166 g/mol. The molecule has 0 saturated heterocycles. The summed E-state index contributed by atoms with van der Waals surface area (Å²) in [4.78, 5) is 14.4. The van der Waals surface area contributed by atoms with E-state index in [1.54, 1.807) is 12.3 Å². The number of H-pyrrole nitrogens is 1. The number of Topliss-reactive ketones (excluding diaryl/α,β-unsaturated/α-hetero) is 1. The number of hydrogen-bond donors (Lipinski definition) is 2. The van der Waals surface area contributed by atoms with Crippen LogP contribution in [0.4, 0.5) is 0 Å². The molecule has 3 nitrogen and oxygen atoms in total. The van der Waals surface area contributed by atoms with Gasteiger partial charge in [0.15, 0.2) is 5.78 Å². The van der Waals surface area contributed by atoms with Crippen molar-refractivity contribution >= 4 is 5.78 Å². The number of aromatic amines is 1. The average Bonchev–Trinajstić information content (AvgIpc) is 2.58. The van der Waals surface area contributed by atoms with Crippen molar-refractivity contribution in [2.45, 2.75) is 13.3 Å². The van der Waals surface area contributed by atoms with E-state index in [1.165, 1.54) is 0 Å². The summed E-state index contributed by atoms with van der Waals surface area (Å²) in [5, 5.41) is 0. The molecule has 0 amide bonds. The van der Waals surface area contributed by atoms with Crippen LogP contribution in [0.3, 0.4) is 0 Å². The van der Waals surface area contributed by atoms with Crippen LogP contribution >= 0.6 is 0 Å². The minimum Gasteiger partial charge on any atom is -0.359 e. The molecule has 0 radical (unpaired) electrons. The van der Waals surface area contributed by atoms with Crippen molar-refractivity contribution in [2.75, 3.05) is 6.54 Å². The van der Waals surface area contributed by atoms with Crippen molar-refractivity contribution in [2.24, 2.45) is 11.7 Å². The Morgan fingerprint density at radius 3 is 2.92 bits per heavy atom. The Balaban J connectivity index is 2.70. The molecule has 66 valence electrons. The molecule has 1 atom stereocenters. The zero-order valence-corrected chi connectivity index (χ0v) is 7.21. The largest absolute Gasteiger partial charge is 0.359 e. The number of hydrogen-bond acceptors (Lipinski definition) is 2. The topological polar surface area (TPSA) is 58.9 Å². The highest BCUT2D eigenvalue weighted by Gasteiger charge is 2.16. The molecule has 3 heteroatoms. The van der Waals surface area contributed by atoms with E-state index >= 15 is 0 Å². The van der Waals surface area contributed by atoms with Crippen LogP contribution in [-0.2, 0) is 0 Å². The van der Waals surface area contributed by atoms with Crippen molar-refractivity contribution in [3.63, 3.8) is 0 Å². The molecule has 0 aromatic carbocycles. The number of carbonyl (C=O) groups is 1. The van der Waals surface area contributed by atoms with Gasteiger partial charge < -0.3 is 10.7 Å². The second-order valence-corrected chi connectivity index (χ2v) is 2.79. The molecule has 0 aliphatic carbocycles. The molecular weight excluding hydrogens is 152 g/mol. The number of carbonyl (C=O) groups excluding carboxylic acids is 1. The van der Waals surface area contributed by atoms with Gasteiger partial charge in [-0.1, -0.05) is 6.92 Å². The lowest BCUT2D eigenvalue weighted by Gasteiger charge is -2.08. The highest BCUT2D eigenvalue weighted by Crippen LogP contribution is 2.08. The van der Waals surface area contributed by atoms with Crippen molar-refractivity contribution < 1.29 is 4.79 Å². The van der Waals surface area contributed by atoms with Gasteiger partial charge >= 0.3 is 0 Å². The quantitative estimate of drug-likeness (QED) is 0.660. The van der Waals surface area contributed by atoms with Gasteiger partial charge in [0.05, 0.1) is 5.69 Å². The minimum atomic E-state index is -0.0383. The average molecular weight is 166 g/mol. The van der Waals surface area contributed by atoms with Gasteiger partial charge in [-0.25, -0.2) is 0 Å². The summed E-state index contributed by atoms with van der Waals surface area (Å²) >= 11 is 0. The Kier molecular flexibility index (Phi) is 3.05. The van der Waals surface area contributed by atoms with Crippen molar-refractivity contribution in [3.8, 4) is 0 Å². The predicted molar refractivity (Wildman–Crippen MR) is 48.0 cm³/mol.